The Balaban J connectivity index is 2.13. The van der Waals surface area contributed by atoms with Crippen LogP contribution >= 0.6 is 22.9 Å². The average molecular weight is 314 g/mol. The predicted octanol–water partition coefficient (Wildman–Crippen LogP) is 4.51. The van der Waals surface area contributed by atoms with E-state index >= 15 is 0 Å². The molecule has 108 valence electrons. The van der Waals surface area contributed by atoms with Gasteiger partial charge in [0.1, 0.15) is 5.82 Å². The highest BCUT2D eigenvalue weighted by Crippen LogP contribution is 2.28. The molecular weight excluding hydrogens is 297 g/mol. The lowest BCUT2D eigenvalue weighted by Gasteiger charge is -2.14. The normalized spacial score (nSPS) is 13.5. The van der Waals surface area contributed by atoms with E-state index in [0.29, 0.717) is 12.0 Å². The number of hydrogen-bond acceptors (Lipinski definition) is 3. The summed E-state index contributed by atoms with van der Waals surface area (Å²) >= 11 is 7.25. The molecule has 0 saturated carbocycles. The van der Waals surface area contributed by atoms with Crippen LogP contribution in [0.3, 0.4) is 0 Å². The van der Waals surface area contributed by atoms with Gasteiger partial charge >= 0.3 is 0 Å². The Labute approximate surface area is 127 Å². The lowest BCUT2D eigenvalue weighted by molar-refractivity contribution is 0.178. The van der Waals surface area contributed by atoms with E-state index in [0.717, 1.165) is 10.7 Å². The van der Waals surface area contributed by atoms with Crippen molar-refractivity contribution in [1.29, 1.82) is 0 Å². The molecule has 2 rings (SSSR count). The smallest absolute Gasteiger partial charge is 0.141 e. The number of thiazole rings is 1. The standard InChI is InChI=1S/C15H17ClFNOS/c1-15(2,3)13-8-20-14(18-13)7-12(19)9-4-5-11(17)10(16)6-9/h4-6,8,12,19H,7H2,1-3H3. The number of hydrogen-bond donors (Lipinski definition) is 1. The number of halogens is 2. The zero-order valence-electron chi connectivity index (χ0n) is 11.7. The molecule has 1 atom stereocenters. The summed E-state index contributed by atoms with van der Waals surface area (Å²) in [5.74, 6) is -0.480. The first-order valence-electron chi connectivity index (χ1n) is 6.35. The van der Waals surface area contributed by atoms with Crippen molar-refractivity contribution in [1.82, 2.24) is 4.98 Å². The number of benzene rings is 1. The monoisotopic (exact) mass is 313 g/mol. The summed E-state index contributed by atoms with van der Waals surface area (Å²) in [6, 6.07) is 4.27. The summed E-state index contributed by atoms with van der Waals surface area (Å²) in [6.45, 7) is 6.30. The fraction of sp³-hybridized carbons (Fsp3) is 0.400. The molecule has 1 aromatic heterocycles. The zero-order chi connectivity index (χ0) is 14.9. The quantitative estimate of drug-likeness (QED) is 0.904. The zero-order valence-corrected chi connectivity index (χ0v) is 13.2. The first-order chi connectivity index (χ1) is 9.27. The van der Waals surface area contributed by atoms with Gasteiger partial charge in [0.25, 0.3) is 0 Å². The Bertz CT molecular complexity index is 606. The van der Waals surface area contributed by atoms with Crippen LogP contribution in [0.4, 0.5) is 4.39 Å². The van der Waals surface area contributed by atoms with Crippen molar-refractivity contribution < 1.29 is 9.50 Å². The van der Waals surface area contributed by atoms with Crippen LogP contribution in [0.25, 0.3) is 0 Å². The summed E-state index contributed by atoms with van der Waals surface area (Å²) in [5, 5.41) is 13.1. The maximum absolute atomic E-state index is 13.1. The highest BCUT2D eigenvalue weighted by molar-refractivity contribution is 7.09. The van der Waals surface area contributed by atoms with Crippen molar-refractivity contribution in [3.8, 4) is 0 Å². The maximum Gasteiger partial charge on any atom is 0.141 e. The molecule has 0 fully saturated rings. The summed E-state index contributed by atoms with van der Waals surface area (Å²) in [6.07, 6.45) is -0.324. The van der Waals surface area contributed by atoms with Gasteiger partial charge in [-0.2, -0.15) is 0 Å². The largest absolute Gasteiger partial charge is 0.388 e. The Morgan fingerprint density at radius 2 is 2.10 bits per heavy atom. The molecule has 1 heterocycles. The van der Waals surface area contributed by atoms with E-state index in [4.69, 9.17) is 11.6 Å². The van der Waals surface area contributed by atoms with Gasteiger partial charge in [-0.05, 0) is 17.7 Å². The molecule has 0 spiro atoms. The second kappa shape index (κ2) is 5.80. The minimum absolute atomic E-state index is 0.00111. The first kappa shape index (κ1) is 15.4. The Morgan fingerprint density at radius 3 is 2.65 bits per heavy atom. The molecule has 20 heavy (non-hydrogen) atoms. The maximum atomic E-state index is 13.1. The first-order valence-corrected chi connectivity index (χ1v) is 7.61. The average Bonchev–Trinajstić information content (AvgIpc) is 2.81. The molecule has 1 aromatic carbocycles. The van der Waals surface area contributed by atoms with Crippen LogP contribution in [-0.2, 0) is 11.8 Å². The number of aliphatic hydroxyl groups is 1. The Morgan fingerprint density at radius 1 is 1.40 bits per heavy atom. The van der Waals surface area contributed by atoms with Crippen molar-refractivity contribution in [2.24, 2.45) is 0 Å². The van der Waals surface area contributed by atoms with Crippen molar-refractivity contribution in [3.05, 3.63) is 50.7 Å². The summed E-state index contributed by atoms with van der Waals surface area (Å²) < 4.78 is 13.1. The van der Waals surface area contributed by atoms with E-state index in [1.54, 1.807) is 6.07 Å². The van der Waals surface area contributed by atoms with E-state index in [-0.39, 0.29) is 10.4 Å². The van der Waals surface area contributed by atoms with Gasteiger partial charge in [-0.1, -0.05) is 38.4 Å². The van der Waals surface area contributed by atoms with Crippen LogP contribution < -0.4 is 0 Å². The number of nitrogens with zero attached hydrogens (tertiary/aromatic N) is 1. The second-order valence-corrected chi connectivity index (χ2v) is 7.12. The molecule has 1 unspecified atom stereocenters. The van der Waals surface area contributed by atoms with Crippen LogP contribution in [0.15, 0.2) is 23.6 Å². The molecule has 0 bridgehead atoms. The van der Waals surface area contributed by atoms with Crippen LogP contribution in [0.2, 0.25) is 5.02 Å². The fourth-order valence-corrected chi connectivity index (χ4v) is 3.00. The van der Waals surface area contributed by atoms with E-state index in [1.165, 1.54) is 23.5 Å². The lowest BCUT2D eigenvalue weighted by Crippen LogP contribution is -2.12. The molecule has 0 aliphatic carbocycles. The Hall–Kier alpha value is -0.970. The molecule has 0 amide bonds. The lowest BCUT2D eigenvalue weighted by atomic mass is 9.93. The molecule has 2 aromatic rings. The minimum atomic E-state index is -0.730. The van der Waals surface area contributed by atoms with Gasteiger partial charge in [-0.25, -0.2) is 9.37 Å². The van der Waals surface area contributed by atoms with Gasteiger partial charge in [0, 0.05) is 17.2 Å². The summed E-state index contributed by atoms with van der Waals surface area (Å²) in [5.41, 5.74) is 1.62. The highest BCUT2D eigenvalue weighted by atomic mass is 35.5. The van der Waals surface area contributed by atoms with Crippen LogP contribution in [0.5, 0.6) is 0 Å². The highest BCUT2D eigenvalue weighted by Gasteiger charge is 2.19. The molecule has 5 heteroatoms. The molecule has 0 aliphatic rings. The van der Waals surface area contributed by atoms with Gasteiger partial charge in [0.15, 0.2) is 0 Å². The van der Waals surface area contributed by atoms with E-state index < -0.39 is 11.9 Å². The van der Waals surface area contributed by atoms with Gasteiger partial charge in [-0.3, -0.25) is 0 Å². The number of aromatic nitrogens is 1. The van der Waals surface area contributed by atoms with Gasteiger partial charge in [-0.15, -0.1) is 11.3 Å². The summed E-state index contributed by atoms with van der Waals surface area (Å²) in [4.78, 5) is 4.54. The van der Waals surface area contributed by atoms with Crippen LogP contribution in [-0.4, -0.2) is 10.1 Å². The van der Waals surface area contributed by atoms with E-state index in [9.17, 15) is 9.50 Å². The predicted molar refractivity (Wildman–Crippen MR) is 80.9 cm³/mol. The van der Waals surface area contributed by atoms with Crippen molar-refractivity contribution >= 4 is 22.9 Å². The fourth-order valence-electron chi connectivity index (χ4n) is 1.75. The van der Waals surface area contributed by atoms with Crippen molar-refractivity contribution in [2.45, 2.75) is 38.7 Å². The van der Waals surface area contributed by atoms with Gasteiger partial charge < -0.3 is 5.11 Å². The molecule has 2 nitrogen and oxygen atoms in total. The van der Waals surface area contributed by atoms with Crippen LogP contribution in [0, 0.1) is 5.82 Å². The molecular formula is C15H17ClFNOS. The SMILES string of the molecule is CC(C)(C)c1csc(CC(O)c2ccc(F)c(Cl)c2)n1. The number of rotatable bonds is 3. The third-order valence-electron chi connectivity index (χ3n) is 3.02. The van der Waals surface area contributed by atoms with Crippen molar-refractivity contribution in [2.75, 3.05) is 0 Å². The van der Waals surface area contributed by atoms with Gasteiger partial charge in [0.05, 0.1) is 21.8 Å². The minimum Gasteiger partial charge on any atom is -0.388 e. The molecule has 0 radical (unpaired) electrons. The molecule has 0 aliphatic heterocycles. The van der Waals surface area contributed by atoms with E-state index in [2.05, 4.69) is 25.8 Å². The van der Waals surface area contributed by atoms with Crippen LogP contribution in [0.1, 0.15) is 43.1 Å². The third kappa shape index (κ3) is 3.57. The second-order valence-electron chi connectivity index (χ2n) is 5.77. The number of aliphatic hydroxyl groups excluding tert-OH is 1. The summed E-state index contributed by atoms with van der Waals surface area (Å²) in [7, 11) is 0. The topological polar surface area (TPSA) is 33.1 Å². The third-order valence-corrected chi connectivity index (χ3v) is 4.18. The molecule has 1 N–H and O–H groups in total. The Kier molecular flexibility index (Phi) is 4.47. The molecule has 0 saturated heterocycles. The van der Waals surface area contributed by atoms with Gasteiger partial charge in [0.2, 0.25) is 0 Å². The van der Waals surface area contributed by atoms with Crippen molar-refractivity contribution in [3.63, 3.8) is 0 Å². The van der Waals surface area contributed by atoms with E-state index in [1.807, 2.05) is 5.38 Å².